The largest absolute Gasteiger partial charge is 0.454 e. The number of likely N-dealkylation sites (tertiary alicyclic amines) is 1. The van der Waals surface area contributed by atoms with Gasteiger partial charge in [0.15, 0.2) is 11.5 Å². The molecule has 0 unspecified atom stereocenters. The van der Waals surface area contributed by atoms with Crippen molar-refractivity contribution in [1.82, 2.24) is 19.8 Å². The summed E-state index contributed by atoms with van der Waals surface area (Å²) in [6.07, 6.45) is 1.72. The smallest absolute Gasteiger partial charge is 0.267 e. The fourth-order valence-electron chi connectivity index (χ4n) is 3.29. The van der Waals surface area contributed by atoms with Gasteiger partial charge >= 0.3 is 0 Å². The lowest BCUT2D eigenvalue weighted by Crippen LogP contribution is -2.41. The normalized spacial score (nSPS) is 16.4. The number of hydrogen-bond donors (Lipinski definition) is 1. The van der Waals surface area contributed by atoms with Gasteiger partial charge in [-0.25, -0.2) is 0 Å². The van der Waals surface area contributed by atoms with Crippen LogP contribution in [-0.2, 0) is 0 Å². The Hall–Kier alpha value is -2.68. The number of nitrogens with zero attached hydrogens (tertiary/aromatic N) is 3. The molecule has 27 heavy (non-hydrogen) atoms. The van der Waals surface area contributed by atoms with E-state index in [9.17, 15) is 9.59 Å². The zero-order valence-corrected chi connectivity index (χ0v) is 15.8. The maximum absolute atomic E-state index is 12.5. The van der Waals surface area contributed by atoms with Crippen LogP contribution in [0.5, 0.6) is 11.5 Å². The Balaban J connectivity index is 1.26. The number of aromatic nitrogens is 2. The highest BCUT2D eigenvalue weighted by molar-refractivity contribution is 7.07. The molecule has 9 heteroatoms. The second-order valence-corrected chi connectivity index (χ2v) is 7.46. The summed E-state index contributed by atoms with van der Waals surface area (Å²) in [7, 11) is 0. The van der Waals surface area contributed by atoms with Crippen molar-refractivity contribution >= 4 is 23.3 Å². The van der Waals surface area contributed by atoms with Crippen molar-refractivity contribution in [2.24, 2.45) is 5.92 Å². The van der Waals surface area contributed by atoms with Crippen molar-refractivity contribution in [2.75, 3.05) is 26.4 Å². The Morgan fingerprint density at radius 2 is 2.04 bits per heavy atom. The van der Waals surface area contributed by atoms with Gasteiger partial charge in [0.25, 0.3) is 11.8 Å². The summed E-state index contributed by atoms with van der Waals surface area (Å²) in [6.45, 7) is 3.95. The average Bonchev–Trinajstić information content (AvgIpc) is 3.34. The summed E-state index contributed by atoms with van der Waals surface area (Å²) in [4.78, 5) is 27.3. The molecule has 1 aromatic carbocycles. The SMILES string of the molecule is Cc1nnsc1C(=O)N1CCC(CNC(=O)c2ccc3c(c2)OCO3)CC1. The summed E-state index contributed by atoms with van der Waals surface area (Å²) in [6, 6.07) is 5.18. The number of benzene rings is 1. The number of piperidine rings is 1. The summed E-state index contributed by atoms with van der Waals surface area (Å²) >= 11 is 1.14. The van der Waals surface area contributed by atoms with E-state index in [2.05, 4.69) is 14.9 Å². The molecule has 4 rings (SSSR count). The second kappa shape index (κ2) is 7.51. The van der Waals surface area contributed by atoms with Crippen LogP contribution in [0.2, 0.25) is 0 Å². The first-order valence-electron chi connectivity index (χ1n) is 8.88. The molecule has 0 radical (unpaired) electrons. The Morgan fingerprint density at radius 1 is 1.26 bits per heavy atom. The molecule has 2 aliphatic rings. The van der Waals surface area contributed by atoms with E-state index in [1.165, 1.54) is 0 Å². The van der Waals surface area contributed by atoms with Gasteiger partial charge in [-0.15, -0.1) is 5.10 Å². The van der Waals surface area contributed by atoms with Gasteiger partial charge < -0.3 is 19.7 Å². The second-order valence-electron chi connectivity index (χ2n) is 6.70. The number of carbonyl (C=O) groups is 2. The predicted octanol–water partition coefficient (Wildman–Crippen LogP) is 1.86. The number of rotatable bonds is 4. The van der Waals surface area contributed by atoms with Crippen LogP contribution < -0.4 is 14.8 Å². The van der Waals surface area contributed by atoms with Crippen LogP contribution in [-0.4, -0.2) is 52.7 Å². The number of amides is 2. The van der Waals surface area contributed by atoms with Crippen LogP contribution in [0.25, 0.3) is 0 Å². The van der Waals surface area contributed by atoms with Crippen molar-refractivity contribution in [3.05, 3.63) is 34.3 Å². The molecule has 0 spiro atoms. The van der Waals surface area contributed by atoms with E-state index in [4.69, 9.17) is 9.47 Å². The van der Waals surface area contributed by atoms with Crippen LogP contribution in [0.3, 0.4) is 0 Å². The van der Waals surface area contributed by atoms with E-state index in [0.29, 0.717) is 53.2 Å². The molecule has 2 aliphatic heterocycles. The highest BCUT2D eigenvalue weighted by atomic mass is 32.1. The third-order valence-electron chi connectivity index (χ3n) is 4.93. The summed E-state index contributed by atoms with van der Waals surface area (Å²) in [5, 5.41) is 6.89. The number of fused-ring (bicyclic) bond motifs is 1. The third kappa shape index (κ3) is 3.73. The van der Waals surface area contributed by atoms with Gasteiger partial charge in [0.1, 0.15) is 4.88 Å². The van der Waals surface area contributed by atoms with E-state index in [0.717, 1.165) is 24.4 Å². The van der Waals surface area contributed by atoms with Gasteiger partial charge in [0.2, 0.25) is 6.79 Å². The molecule has 1 aromatic heterocycles. The predicted molar refractivity (Wildman–Crippen MR) is 98.2 cm³/mol. The molecule has 8 nitrogen and oxygen atoms in total. The molecule has 0 bridgehead atoms. The van der Waals surface area contributed by atoms with Gasteiger partial charge in [0.05, 0.1) is 5.69 Å². The molecule has 1 fully saturated rings. The molecular formula is C18H20N4O4S. The van der Waals surface area contributed by atoms with Crippen LogP contribution in [0, 0.1) is 12.8 Å². The fourth-order valence-corrected chi connectivity index (χ4v) is 3.91. The maximum Gasteiger partial charge on any atom is 0.267 e. The number of nitrogens with one attached hydrogen (secondary N) is 1. The van der Waals surface area contributed by atoms with Crippen molar-refractivity contribution < 1.29 is 19.1 Å². The monoisotopic (exact) mass is 388 g/mol. The van der Waals surface area contributed by atoms with Crippen LogP contribution in [0.4, 0.5) is 0 Å². The molecule has 0 aliphatic carbocycles. The lowest BCUT2D eigenvalue weighted by molar-refractivity contribution is 0.0688. The molecular weight excluding hydrogens is 368 g/mol. The van der Waals surface area contributed by atoms with E-state index in [-0.39, 0.29) is 18.6 Å². The number of hydrogen-bond acceptors (Lipinski definition) is 7. The first-order valence-corrected chi connectivity index (χ1v) is 9.65. The van der Waals surface area contributed by atoms with Crippen LogP contribution >= 0.6 is 11.5 Å². The Morgan fingerprint density at radius 3 is 2.78 bits per heavy atom. The number of aryl methyl sites for hydroxylation is 1. The standard InChI is InChI=1S/C18H20N4O4S/c1-11-16(27-21-20-11)18(24)22-6-4-12(5-7-22)9-19-17(23)13-2-3-14-15(8-13)26-10-25-14/h2-3,8,12H,4-7,9-10H2,1H3,(H,19,23). The van der Waals surface area contributed by atoms with Gasteiger partial charge in [-0.1, -0.05) is 4.49 Å². The van der Waals surface area contributed by atoms with Crippen molar-refractivity contribution in [1.29, 1.82) is 0 Å². The first kappa shape index (κ1) is 17.7. The van der Waals surface area contributed by atoms with Gasteiger partial charge in [-0.3, -0.25) is 9.59 Å². The molecule has 2 amide bonds. The molecule has 2 aromatic rings. The Labute approximate surface area is 160 Å². The highest BCUT2D eigenvalue weighted by Crippen LogP contribution is 2.32. The minimum atomic E-state index is -0.127. The van der Waals surface area contributed by atoms with Gasteiger partial charge in [0, 0.05) is 25.2 Å². The Kier molecular flexibility index (Phi) is 4.93. The number of ether oxygens (including phenoxy) is 2. The topological polar surface area (TPSA) is 93.7 Å². The molecule has 142 valence electrons. The van der Waals surface area contributed by atoms with Crippen molar-refractivity contribution in [3.63, 3.8) is 0 Å². The highest BCUT2D eigenvalue weighted by Gasteiger charge is 2.26. The minimum absolute atomic E-state index is 0.00495. The molecule has 1 N–H and O–H groups in total. The van der Waals surface area contributed by atoms with E-state index in [1.807, 2.05) is 4.90 Å². The fraction of sp³-hybridized carbons (Fsp3) is 0.444. The van der Waals surface area contributed by atoms with Crippen molar-refractivity contribution in [2.45, 2.75) is 19.8 Å². The van der Waals surface area contributed by atoms with Gasteiger partial charge in [-0.2, -0.15) is 0 Å². The van der Waals surface area contributed by atoms with Crippen molar-refractivity contribution in [3.8, 4) is 11.5 Å². The molecule has 1 saturated heterocycles. The molecule has 0 atom stereocenters. The third-order valence-corrected chi connectivity index (χ3v) is 5.75. The lowest BCUT2D eigenvalue weighted by Gasteiger charge is -2.31. The summed E-state index contributed by atoms with van der Waals surface area (Å²) in [5.41, 5.74) is 1.24. The number of carbonyl (C=O) groups excluding carboxylic acids is 2. The maximum atomic E-state index is 12.5. The van der Waals surface area contributed by atoms with Crippen LogP contribution in [0.1, 0.15) is 38.6 Å². The zero-order chi connectivity index (χ0) is 18.8. The van der Waals surface area contributed by atoms with E-state index < -0.39 is 0 Å². The summed E-state index contributed by atoms with van der Waals surface area (Å²) < 4.78 is 14.4. The lowest BCUT2D eigenvalue weighted by atomic mass is 9.96. The minimum Gasteiger partial charge on any atom is -0.454 e. The van der Waals surface area contributed by atoms with Crippen LogP contribution in [0.15, 0.2) is 18.2 Å². The average molecular weight is 388 g/mol. The Bertz CT molecular complexity index is 861. The molecule has 3 heterocycles. The molecule has 0 saturated carbocycles. The first-order chi connectivity index (χ1) is 13.1. The summed E-state index contributed by atoms with van der Waals surface area (Å²) in [5.74, 6) is 1.49. The van der Waals surface area contributed by atoms with E-state index in [1.54, 1.807) is 25.1 Å². The quantitative estimate of drug-likeness (QED) is 0.859. The zero-order valence-electron chi connectivity index (χ0n) is 14.9. The van der Waals surface area contributed by atoms with Gasteiger partial charge in [-0.05, 0) is 55.4 Å². The van der Waals surface area contributed by atoms with E-state index >= 15 is 0 Å².